The Morgan fingerprint density at radius 3 is 2.18 bits per heavy atom. The average molecular weight is 787 g/mol. The molecule has 7 rings (SSSR count). The van der Waals surface area contributed by atoms with Crippen LogP contribution in [0.15, 0.2) is 116 Å². The van der Waals surface area contributed by atoms with Gasteiger partial charge in [0.2, 0.25) is 0 Å². The van der Waals surface area contributed by atoms with E-state index in [0.717, 1.165) is 48.3 Å². The van der Waals surface area contributed by atoms with Gasteiger partial charge in [-0.1, -0.05) is 79.1 Å². The summed E-state index contributed by atoms with van der Waals surface area (Å²) in [4.78, 5) is 8.97. The predicted octanol–water partition coefficient (Wildman–Crippen LogP) is 10.1. The summed E-state index contributed by atoms with van der Waals surface area (Å²) in [5.74, 6) is -0.196. The molecule has 0 aliphatic carbocycles. The van der Waals surface area contributed by atoms with Crippen molar-refractivity contribution in [2.75, 3.05) is 0 Å². The molecule has 7 aromatic rings. The maximum absolute atomic E-state index is 14.8. The fraction of sp³-hybridized carbons (Fsp3) is 0.105. The molecule has 0 bridgehead atoms. The molecule has 3 aromatic heterocycles. The molecule has 221 valence electrons. The number of nitrogens with zero attached hydrogens (tertiary/aromatic N) is 2. The Morgan fingerprint density at radius 2 is 1.50 bits per heavy atom. The van der Waals surface area contributed by atoms with Crippen LogP contribution in [-0.4, -0.2) is 18.0 Å². The Kier molecular flexibility index (Phi) is 9.67. The van der Waals surface area contributed by atoms with Gasteiger partial charge in [-0.2, -0.15) is 11.3 Å². The van der Waals surface area contributed by atoms with Crippen LogP contribution in [0.3, 0.4) is 0 Å². The standard InChI is InChI=1S/C24H15FNS.C14H16NSi.Ir/c1-15-9-10-26-22(11-15)17-7-8-18-20-13-21(25)19(16-5-3-2-4-6-16)14-24(20)27-23(18)12-17;1-16(2,3)13-9-10-14(15-11-13)12-7-5-4-6-8-12;/h2-6,8-14H,1H3;4-7,9-11H,1-3H3;/q2*-1;. The second-order valence-corrected chi connectivity index (χ2v) is 17.8. The predicted molar refractivity (Wildman–Crippen MR) is 183 cm³/mol. The smallest absolute Gasteiger partial charge is 0.130 e. The van der Waals surface area contributed by atoms with E-state index in [2.05, 4.69) is 72.9 Å². The fourth-order valence-electron chi connectivity index (χ4n) is 4.95. The molecule has 0 saturated heterocycles. The number of hydrogen-bond donors (Lipinski definition) is 0. The zero-order valence-corrected chi connectivity index (χ0v) is 29.2. The first-order valence-electron chi connectivity index (χ1n) is 14.3. The quantitative estimate of drug-likeness (QED) is 0.131. The second-order valence-electron chi connectivity index (χ2n) is 11.6. The summed E-state index contributed by atoms with van der Waals surface area (Å²) < 4.78 is 17.0. The van der Waals surface area contributed by atoms with Gasteiger partial charge >= 0.3 is 0 Å². The minimum Gasteiger partial charge on any atom is -0.305 e. The molecule has 0 spiro atoms. The van der Waals surface area contributed by atoms with Gasteiger partial charge in [-0.25, -0.2) is 4.39 Å². The largest absolute Gasteiger partial charge is 0.305 e. The average Bonchev–Trinajstić information content (AvgIpc) is 3.38. The molecular formula is C38H31FIrN2SSi-2. The molecule has 0 atom stereocenters. The molecule has 0 amide bonds. The van der Waals surface area contributed by atoms with Crippen LogP contribution in [0.25, 0.3) is 53.8 Å². The first-order valence-corrected chi connectivity index (χ1v) is 18.6. The fourth-order valence-corrected chi connectivity index (χ4v) is 7.14. The van der Waals surface area contributed by atoms with Crippen LogP contribution in [0.4, 0.5) is 4.39 Å². The van der Waals surface area contributed by atoms with Gasteiger partial charge in [-0.05, 0) is 57.3 Å². The summed E-state index contributed by atoms with van der Waals surface area (Å²) in [6.07, 6.45) is 3.83. The Hall–Kier alpha value is -3.80. The van der Waals surface area contributed by atoms with Gasteiger partial charge in [0.05, 0.1) is 8.07 Å². The van der Waals surface area contributed by atoms with E-state index in [1.165, 1.54) is 10.8 Å². The van der Waals surface area contributed by atoms with E-state index in [1.54, 1.807) is 17.4 Å². The van der Waals surface area contributed by atoms with Gasteiger partial charge < -0.3 is 9.97 Å². The van der Waals surface area contributed by atoms with Gasteiger partial charge in [0.1, 0.15) is 5.82 Å². The molecular weight excluding hydrogens is 756 g/mol. The Labute approximate surface area is 277 Å². The van der Waals surface area contributed by atoms with Crippen LogP contribution in [0.2, 0.25) is 19.6 Å². The molecule has 0 N–H and O–H groups in total. The van der Waals surface area contributed by atoms with E-state index in [0.29, 0.717) is 5.56 Å². The molecule has 0 fully saturated rings. The topological polar surface area (TPSA) is 25.8 Å². The summed E-state index contributed by atoms with van der Waals surface area (Å²) >= 11 is 1.68. The summed E-state index contributed by atoms with van der Waals surface area (Å²) in [5, 5.41) is 3.37. The number of benzene rings is 4. The van der Waals surface area contributed by atoms with Crippen LogP contribution in [0, 0.1) is 24.9 Å². The van der Waals surface area contributed by atoms with Crippen LogP contribution in [0.1, 0.15) is 5.56 Å². The SMILES string of the molecule is C[Si](C)(C)c1ccc(-c2[c-]cccc2)nc1.Cc1ccnc(-c2[c-]cc3c(c2)sc2cc(-c4ccccc4)c(F)cc23)c1.[Ir]. The van der Waals surface area contributed by atoms with E-state index in [4.69, 9.17) is 0 Å². The van der Waals surface area contributed by atoms with Crippen molar-refractivity contribution in [1.82, 2.24) is 9.97 Å². The van der Waals surface area contributed by atoms with Crippen molar-refractivity contribution >= 4 is 44.8 Å². The molecule has 0 aliphatic rings. The van der Waals surface area contributed by atoms with E-state index >= 15 is 0 Å². The number of rotatable bonds is 4. The third-order valence-corrected chi connectivity index (χ3v) is 10.5. The minimum atomic E-state index is -1.23. The minimum absolute atomic E-state index is 0. The molecule has 0 saturated carbocycles. The van der Waals surface area contributed by atoms with Crippen molar-refractivity contribution in [3.05, 3.63) is 139 Å². The van der Waals surface area contributed by atoms with E-state index in [1.807, 2.05) is 85.2 Å². The maximum atomic E-state index is 14.8. The molecule has 6 heteroatoms. The maximum Gasteiger partial charge on any atom is 0.130 e. The summed E-state index contributed by atoms with van der Waals surface area (Å²) in [5.41, 5.74) is 6.63. The van der Waals surface area contributed by atoms with Gasteiger partial charge in [-0.15, -0.1) is 59.7 Å². The van der Waals surface area contributed by atoms with E-state index in [-0.39, 0.29) is 25.9 Å². The number of halogens is 1. The summed E-state index contributed by atoms with van der Waals surface area (Å²) in [6, 6.07) is 40.1. The second kappa shape index (κ2) is 13.5. The number of hydrogen-bond acceptors (Lipinski definition) is 3. The van der Waals surface area contributed by atoms with Gasteiger partial charge in [-0.3, -0.25) is 0 Å². The van der Waals surface area contributed by atoms with E-state index in [9.17, 15) is 4.39 Å². The van der Waals surface area contributed by atoms with E-state index < -0.39 is 8.07 Å². The van der Waals surface area contributed by atoms with Crippen LogP contribution in [0.5, 0.6) is 0 Å². The Bertz CT molecular complexity index is 2020. The number of fused-ring (bicyclic) bond motifs is 3. The molecule has 1 radical (unpaired) electrons. The third-order valence-electron chi connectivity index (χ3n) is 7.38. The zero-order chi connectivity index (χ0) is 30.0. The van der Waals surface area contributed by atoms with Crippen molar-refractivity contribution in [2.45, 2.75) is 26.6 Å². The van der Waals surface area contributed by atoms with Crippen molar-refractivity contribution in [2.24, 2.45) is 0 Å². The zero-order valence-electron chi connectivity index (χ0n) is 25.0. The first kappa shape index (κ1) is 31.6. The van der Waals surface area contributed by atoms with Crippen LogP contribution < -0.4 is 5.19 Å². The number of pyridine rings is 2. The molecule has 2 nitrogen and oxygen atoms in total. The van der Waals surface area contributed by atoms with Gasteiger partial charge in [0, 0.05) is 42.8 Å². The third kappa shape index (κ3) is 6.95. The van der Waals surface area contributed by atoms with Crippen LogP contribution >= 0.6 is 11.3 Å². The summed E-state index contributed by atoms with van der Waals surface area (Å²) in [7, 11) is -1.23. The molecule has 3 heterocycles. The number of aromatic nitrogens is 2. The molecule has 4 aromatic carbocycles. The summed E-state index contributed by atoms with van der Waals surface area (Å²) in [6.45, 7) is 9.05. The van der Waals surface area contributed by atoms with Gasteiger partial charge in [0.25, 0.3) is 0 Å². The monoisotopic (exact) mass is 787 g/mol. The Balaban J connectivity index is 0.000000194. The number of thiophene rings is 1. The molecule has 44 heavy (non-hydrogen) atoms. The van der Waals surface area contributed by atoms with Gasteiger partial charge in [0.15, 0.2) is 0 Å². The first-order chi connectivity index (χ1) is 20.8. The van der Waals surface area contributed by atoms with Crippen LogP contribution in [-0.2, 0) is 20.1 Å². The van der Waals surface area contributed by atoms with Crippen molar-refractivity contribution in [3.63, 3.8) is 0 Å². The Morgan fingerprint density at radius 1 is 0.727 bits per heavy atom. The van der Waals surface area contributed by atoms with Crippen molar-refractivity contribution < 1.29 is 24.5 Å². The van der Waals surface area contributed by atoms with Crippen molar-refractivity contribution in [3.8, 4) is 33.6 Å². The van der Waals surface area contributed by atoms with Crippen molar-refractivity contribution in [1.29, 1.82) is 0 Å². The molecule has 0 unspecified atom stereocenters. The molecule has 0 aliphatic heterocycles. The number of aryl methyl sites for hydroxylation is 1. The normalized spacial score (nSPS) is 11.1.